The van der Waals surface area contributed by atoms with Crippen LogP contribution in [-0.2, 0) is 6.54 Å². The lowest BCUT2D eigenvalue weighted by atomic mass is 10.2. The zero-order valence-electron chi connectivity index (χ0n) is 14.8. The average Bonchev–Trinajstić information content (AvgIpc) is 3.09. The zero-order valence-corrected chi connectivity index (χ0v) is 15.6. The number of thiazole rings is 1. The van der Waals surface area contributed by atoms with Crippen LogP contribution in [0.4, 0.5) is 11.6 Å². The Morgan fingerprint density at radius 1 is 0.962 bits per heavy atom. The number of anilines is 2. The Labute approximate surface area is 158 Å². The zero-order chi connectivity index (χ0) is 17.6. The smallest absolute Gasteiger partial charge is 0.141 e. The van der Waals surface area contributed by atoms with E-state index < -0.39 is 0 Å². The van der Waals surface area contributed by atoms with E-state index in [1.165, 1.54) is 44.3 Å². The molecule has 134 valence electrons. The van der Waals surface area contributed by atoms with Crippen molar-refractivity contribution in [3.63, 3.8) is 0 Å². The summed E-state index contributed by atoms with van der Waals surface area (Å²) in [6.07, 6.45) is 9.13. The molecule has 26 heavy (non-hydrogen) atoms. The Hall–Kier alpha value is -2.31. The highest BCUT2D eigenvalue weighted by Crippen LogP contribution is 2.22. The van der Waals surface area contributed by atoms with Crippen molar-refractivity contribution in [3.8, 4) is 10.7 Å². The first-order valence-corrected chi connectivity index (χ1v) is 10.1. The van der Waals surface area contributed by atoms with E-state index in [2.05, 4.69) is 31.2 Å². The van der Waals surface area contributed by atoms with Gasteiger partial charge in [0, 0.05) is 24.3 Å². The Bertz CT molecular complexity index is 808. The summed E-state index contributed by atoms with van der Waals surface area (Å²) in [6, 6.07) is 10.1. The van der Waals surface area contributed by atoms with Crippen LogP contribution in [0.3, 0.4) is 0 Å². The molecule has 4 rings (SSSR count). The fraction of sp³-hybridized carbons (Fsp3) is 0.350. The van der Waals surface area contributed by atoms with E-state index in [0.29, 0.717) is 0 Å². The molecule has 1 N–H and O–H groups in total. The molecule has 0 aromatic carbocycles. The quantitative estimate of drug-likeness (QED) is 0.709. The SMILES string of the molecule is c1cc(Nc2ccc(CN3CCCCCC3)cn2)nc(-c2nccs2)c1. The maximum absolute atomic E-state index is 4.63. The minimum Gasteiger partial charge on any atom is -0.325 e. The lowest BCUT2D eigenvalue weighted by Crippen LogP contribution is -2.24. The first kappa shape index (κ1) is 17.1. The minimum absolute atomic E-state index is 0.783. The van der Waals surface area contributed by atoms with Crippen LogP contribution in [0.5, 0.6) is 0 Å². The number of hydrogen-bond donors (Lipinski definition) is 1. The fourth-order valence-corrected chi connectivity index (χ4v) is 3.86. The molecule has 0 amide bonds. The third-order valence-electron chi connectivity index (χ3n) is 4.59. The van der Waals surface area contributed by atoms with Crippen molar-refractivity contribution in [3.05, 3.63) is 53.7 Å². The molecule has 0 atom stereocenters. The summed E-state index contributed by atoms with van der Waals surface area (Å²) in [5, 5.41) is 6.17. The average molecular weight is 366 g/mol. The van der Waals surface area contributed by atoms with Gasteiger partial charge in [-0.1, -0.05) is 25.0 Å². The third-order valence-corrected chi connectivity index (χ3v) is 5.38. The highest BCUT2D eigenvalue weighted by molar-refractivity contribution is 7.13. The van der Waals surface area contributed by atoms with Crippen molar-refractivity contribution in [1.29, 1.82) is 0 Å². The van der Waals surface area contributed by atoms with Gasteiger partial charge in [-0.15, -0.1) is 11.3 Å². The summed E-state index contributed by atoms with van der Waals surface area (Å²) in [7, 11) is 0. The van der Waals surface area contributed by atoms with Crippen LogP contribution in [0.2, 0.25) is 0 Å². The molecule has 4 heterocycles. The van der Waals surface area contributed by atoms with Crippen molar-refractivity contribution in [2.45, 2.75) is 32.2 Å². The number of hydrogen-bond acceptors (Lipinski definition) is 6. The van der Waals surface area contributed by atoms with Gasteiger partial charge >= 0.3 is 0 Å². The van der Waals surface area contributed by atoms with Gasteiger partial charge in [-0.2, -0.15) is 0 Å². The van der Waals surface area contributed by atoms with E-state index in [4.69, 9.17) is 0 Å². The molecule has 0 saturated carbocycles. The van der Waals surface area contributed by atoms with E-state index in [1.807, 2.05) is 35.8 Å². The summed E-state index contributed by atoms with van der Waals surface area (Å²) >= 11 is 1.59. The van der Waals surface area contributed by atoms with Crippen LogP contribution in [-0.4, -0.2) is 32.9 Å². The Kier molecular flexibility index (Phi) is 5.52. The summed E-state index contributed by atoms with van der Waals surface area (Å²) in [4.78, 5) is 16.0. The molecule has 6 heteroatoms. The highest BCUT2D eigenvalue weighted by Gasteiger charge is 2.10. The molecule has 0 radical (unpaired) electrons. The van der Waals surface area contributed by atoms with Crippen LogP contribution in [0.1, 0.15) is 31.2 Å². The summed E-state index contributed by atoms with van der Waals surface area (Å²) < 4.78 is 0. The van der Waals surface area contributed by atoms with Crippen LogP contribution in [0.15, 0.2) is 48.1 Å². The predicted octanol–water partition coefficient (Wildman–Crippen LogP) is 4.72. The summed E-state index contributed by atoms with van der Waals surface area (Å²) in [6.45, 7) is 3.39. The molecule has 0 bridgehead atoms. The van der Waals surface area contributed by atoms with Crippen molar-refractivity contribution in [2.75, 3.05) is 18.4 Å². The lowest BCUT2D eigenvalue weighted by Gasteiger charge is -2.19. The maximum atomic E-state index is 4.63. The van der Waals surface area contributed by atoms with Gasteiger partial charge in [-0.25, -0.2) is 15.0 Å². The minimum atomic E-state index is 0.783. The molecular formula is C20H23N5S. The number of nitrogens with zero attached hydrogens (tertiary/aromatic N) is 4. The lowest BCUT2D eigenvalue weighted by molar-refractivity contribution is 0.276. The fourth-order valence-electron chi connectivity index (χ4n) is 3.25. The Morgan fingerprint density at radius 2 is 1.85 bits per heavy atom. The standard InChI is InChI=1S/C20H23N5S/c1-2-4-12-25(11-3-1)15-16-8-9-18(22-14-16)24-19-7-5-6-17(23-19)20-21-10-13-26-20/h5-10,13-14H,1-4,11-12,15H2,(H,22,23,24). The van der Waals surface area contributed by atoms with Gasteiger partial charge < -0.3 is 5.32 Å². The highest BCUT2D eigenvalue weighted by atomic mass is 32.1. The van der Waals surface area contributed by atoms with Gasteiger partial charge in [0.25, 0.3) is 0 Å². The first-order chi connectivity index (χ1) is 12.9. The van der Waals surface area contributed by atoms with Crippen LogP contribution >= 0.6 is 11.3 Å². The van der Waals surface area contributed by atoms with E-state index in [0.717, 1.165) is 28.9 Å². The van der Waals surface area contributed by atoms with E-state index in [-0.39, 0.29) is 0 Å². The molecule has 1 fully saturated rings. The van der Waals surface area contributed by atoms with Gasteiger partial charge in [0.2, 0.25) is 0 Å². The third kappa shape index (κ3) is 4.45. The second-order valence-corrected chi connectivity index (χ2v) is 7.51. The maximum Gasteiger partial charge on any atom is 0.141 e. The van der Waals surface area contributed by atoms with E-state index in [9.17, 15) is 0 Å². The number of likely N-dealkylation sites (tertiary alicyclic amines) is 1. The molecule has 1 saturated heterocycles. The van der Waals surface area contributed by atoms with Gasteiger partial charge in [0.15, 0.2) is 0 Å². The van der Waals surface area contributed by atoms with Crippen LogP contribution in [0.25, 0.3) is 10.7 Å². The first-order valence-electron chi connectivity index (χ1n) is 9.18. The van der Waals surface area contributed by atoms with E-state index in [1.54, 1.807) is 17.5 Å². The van der Waals surface area contributed by atoms with Crippen molar-refractivity contribution in [1.82, 2.24) is 19.9 Å². The van der Waals surface area contributed by atoms with Gasteiger partial charge in [0.1, 0.15) is 22.3 Å². The second-order valence-electron chi connectivity index (χ2n) is 6.61. The Morgan fingerprint density at radius 3 is 2.58 bits per heavy atom. The molecule has 5 nitrogen and oxygen atoms in total. The summed E-state index contributed by atoms with van der Waals surface area (Å²) in [5.74, 6) is 1.60. The molecule has 1 aliphatic rings. The molecule has 3 aromatic heterocycles. The predicted molar refractivity (Wildman–Crippen MR) is 107 cm³/mol. The molecule has 0 aliphatic carbocycles. The van der Waals surface area contributed by atoms with Crippen molar-refractivity contribution >= 4 is 23.0 Å². The molecule has 3 aromatic rings. The monoisotopic (exact) mass is 365 g/mol. The number of aromatic nitrogens is 3. The molecule has 1 aliphatic heterocycles. The van der Waals surface area contributed by atoms with Crippen LogP contribution < -0.4 is 5.32 Å². The van der Waals surface area contributed by atoms with Crippen LogP contribution in [0, 0.1) is 0 Å². The molecular weight excluding hydrogens is 342 g/mol. The number of nitrogens with one attached hydrogen (secondary N) is 1. The van der Waals surface area contributed by atoms with E-state index >= 15 is 0 Å². The topological polar surface area (TPSA) is 53.9 Å². The van der Waals surface area contributed by atoms with Gasteiger partial charge in [-0.05, 0) is 49.7 Å². The largest absolute Gasteiger partial charge is 0.325 e. The van der Waals surface area contributed by atoms with Crippen molar-refractivity contribution in [2.24, 2.45) is 0 Å². The second kappa shape index (κ2) is 8.38. The van der Waals surface area contributed by atoms with Gasteiger partial charge in [-0.3, -0.25) is 4.90 Å². The van der Waals surface area contributed by atoms with Crippen molar-refractivity contribution < 1.29 is 0 Å². The summed E-state index contributed by atoms with van der Waals surface area (Å²) in [5.41, 5.74) is 2.14. The number of rotatable bonds is 5. The van der Waals surface area contributed by atoms with Gasteiger partial charge in [0.05, 0.1) is 0 Å². The molecule has 0 unspecified atom stereocenters. The number of pyridine rings is 2. The normalized spacial score (nSPS) is 15.5. The molecule has 0 spiro atoms. The Balaban J connectivity index is 1.40.